The van der Waals surface area contributed by atoms with Gasteiger partial charge in [-0.3, -0.25) is 0 Å². The quantitative estimate of drug-likeness (QED) is 0.159. The molecule has 0 aliphatic heterocycles. The van der Waals surface area contributed by atoms with Gasteiger partial charge in [-0.15, -0.1) is 0 Å². The van der Waals surface area contributed by atoms with E-state index in [4.69, 9.17) is 0 Å². The third-order valence-electron chi connectivity index (χ3n) is 18.9. The van der Waals surface area contributed by atoms with Crippen molar-refractivity contribution < 1.29 is 0 Å². The molecular weight excluding hydrogens is 1090 g/mol. The summed E-state index contributed by atoms with van der Waals surface area (Å²) in [5, 5.41) is 15.2. The molecule has 0 saturated carbocycles. The second-order valence-electron chi connectivity index (χ2n) is 23.6. The van der Waals surface area contributed by atoms with Crippen LogP contribution in [0.25, 0.3) is 165 Å². The number of aromatic nitrogens is 6. The highest BCUT2D eigenvalue weighted by atomic mass is 15.0. The molecule has 0 bridgehead atoms. The molecular formula is C84H54N6. The summed E-state index contributed by atoms with van der Waals surface area (Å²) >= 11 is 0. The average molecular weight is 1150 g/mol. The van der Waals surface area contributed by atoms with E-state index in [1.807, 2.05) is 0 Å². The van der Waals surface area contributed by atoms with Crippen molar-refractivity contribution in [3.8, 4) is 34.1 Å². The summed E-state index contributed by atoms with van der Waals surface area (Å²) in [6, 6.07) is 119. The minimum atomic E-state index is 1.15. The van der Waals surface area contributed by atoms with Crippen molar-refractivity contribution in [2.45, 2.75) is 0 Å². The van der Waals surface area contributed by atoms with E-state index >= 15 is 0 Å². The SMILES string of the molecule is c1ccc(-n2c3ccccc3c3c2ccc2c4ccccc4n(-c4ccc(-n5c6ccccc6c6ccccc65)cc4)c23)cc1.c1ccc(-n2c3ccccc3c3ccc4c(c5ccccc5n4-c4ccc(-n5c6ccccc6c6ccccc65)cc4)c32)cc1. The molecule has 0 saturated heterocycles. The number of hydrogen-bond acceptors (Lipinski definition) is 0. The van der Waals surface area contributed by atoms with E-state index in [0.29, 0.717) is 0 Å². The fourth-order valence-electron chi connectivity index (χ4n) is 15.2. The van der Waals surface area contributed by atoms with Gasteiger partial charge in [0, 0.05) is 98.8 Å². The molecule has 0 unspecified atom stereocenters. The molecule has 14 aromatic carbocycles. The monoisotopic (exact) mass is 1150 g/mol. The largest absolute Gasteiger partial charge is 0.309 e. The number of nitrogens with zero attached hydrogens (tertiary/aromatic N) is 6. The average Bonchev–Trinajstić information content (AvgIpc) is 1.86. The first-order valence-electron chi connectivity index (χ1n) is 30.9. The van der Waals surface area contributed by atoms with Gasteiger partial charge in [0.1, 0.15) is 0 Å². The summed E-state index contributed by atoms with van der Waals surface area (Å²) < 4.78 is 14.5. The highest BCUT2D eigenvalue weighted by molar-refractivity contribution is 6.28. The van der Waals surface area contributed by atoms with E-state index < -0.39 is 0 Å². The van der Waals surface area contributed by atoms with Crippen LogP contribution in [-0.4, -0.2) is 27.4 Å². The normalized spacial score (nSPS) is 12.0. The predicted molar refractivity (Wildman–Crippen MR) is 379 cm³/mol. The Morgan fingerprint density at radius 3 is 0.633 bits per heavy atom. The van der Waals surface area contributed by atoms with Gasteiger partial charge in [-0.05, 0) is 133 Å². The predicted octanol–water partition coefficient (Wildman–Crippen LogP) is 22.0. The highest BCUT2D eigenvalue weighted by Crippen LogP contribution is 2.45. The number of benzene rings is 14. The van der Waals surface area contributed by atoms with Crippen molar-refractivity contribution in [2.24, 2.45) is 0 Å². The molecule has 20 rings (SSSR count). The standard InChI is InChI=1S/2C42H27N3/c1-2-12-28(13-3-1)45-38-20-10-6-16-33(38)34-26-27-40-41(42(34)45)35-17-7-11-21-39(35)44(40)30-24-22-29(23-25-30)43-36-18-8-4-14-31(36)32-15-5-9-19-37(32)43;1-2-12-28(13-3-1)44-39-21-11-7-17-35(39)41-40(44)27-26-34-33-16-6-10-20-38(33)45(42(34)41)30-24-22-29(23-25-30)43-36-18-8-4-14-31(36)32-15-5-9-19-37(32)43/h2*1-27H. The first kappa shape index (κ1) is 50.1. The lowest BCUT2D eigenvalue weighted by Gasteiger charge is -2.12. The molecule has 0 aliphatic rings. The molecule has 6 nitrogen and oxygen atoms in total. The molecule has 20 aromatic rings. The first-order valence-corrected chi connectivity index (χ1v) is 30.9. The fraction of sp³-hybridized carbons (Fsp3) is 0. The van der Waals surface area contributed by atoms with Crippen LogP contribution in [0.5, 0.6) is 0 Å². The summed E-state index contributed by atoms with van der Waals surface area (Å²) in [6.07, 6.45) is 0. The second-order valence-corrected chi connectivity index (χ2v) is 23.6. The minimum Gasteiger partial charge on any atom is -0.309 e. The molecule has 6 heterocycles. The molecule has 0 N–H and O–H groups in total. The Hall–Kier alpha value is -12.1. The third kappa shape index (κ3) is 7.27. The van der Waals surface area contributed by atoms with Gasteiger partial charge in [-0.1, -0.05) is 194 Å². The van der Waals surface area contributed by atoms with Crippen molar-refractivity contribution in [3.63, 3.8) is 0 Å². The fourth-order valence-corrected chi connectivity index (χ4v) is 15.2. The highest BCUT2D eigenvalue weighted by Gasteiger charge is 2.24. The molecule has 6 aromatic heterocycles. The van der Waals surface area contributed by atoms with Gasteiger partial charge in [0.05, 0.1) is 66.2 Å². The Morgan fingerprint density at radius 2 is 0.322 bits per heavy atom. The van der Waals surface area contributed by atoms with Gasteiger partial charge in [-0.2, -0.15) is 0 Å². The molecule has 6 heteroatoms. The van der Waals surface area contributed by atoms with Gasteiger partial charge < -0.3 is 27.4 Å². The minimum absolute atomic E-state index is 1.15. The number of fused-ring (bicyclic) bond motifs is 20. The van der Waals surface area contributed by atoms with Crippen molar-refractivity contribution >= 4 is 131 Å². The van der Waals surface area contributed by atoms with Crippen LogP contribution in [0, 0.1) is 0 Å². The maximum absolute atomic E-state index is 2.46. The maximum Gasteiger partial charge on any atom is 0.0641 e. The van der Waals surface area contributed by atoms with Crippen LogP contribution in [0.4, 0.5) is 0 Å². The molecule has 0 fully saturated rings. The summed E-state index contributed by atoms with van der Waals surface area (Å²) in [5.74, 6) is 0. The Balaban J connectivity index is 0.000000130. The van der Waals surface area contributed by atoms with Crippen molar-refractivity contribution in [2.75, 3.05) is 0 Å². The molecule has 0 amide bonds. The summed E-state index contributed by atoms with van der Waals surface area (Å²) in [5.41, 5.74) is 21.6. The van der Waals surface area contributed by atoms with Crippen LogP contribution < -0.4 is 0 Å². The summed E-state index contributed by atoms with van der Waals surface area (Å²) in [6.45, 7) is 0. The zero-order valence-electron chi connectivity index (χ0n) is 48.9. The lowest BCUT2D eigenvalue weighted by molar-refractivity contribution is 1.14. The van der Waals surface area contributed by atoms with Crippen LogP contribution in [0.2, 0.25) is 0 Å². The number of rotatable bonds is 6. The Bertz CT molecular complexity index is 6140. The zero-order valence-corrected chi connectivity index (χ0v) is 48.9. The van der Waals surface area contributed by atoms with Crippen molar-refractivity contribution in [1.82, 2.24) is 27.4 Å². The van der Waals surface area contributed by atoms with E-state index in [-0.39, 0.29) is 0 Å². The number of para-hydroxylation sites is 10. The molecule has 0 aliphatic carbocycles. The lowest BCUT2D eigenvalue weighted by Crippen LogP contribution is -1.97. The topological polar surface area (TPSA) is 29.6 Å². The van der Waals surface area contributed by atoms with E-state index in [0.717, 1.165) is 22.7 Å². The van der Waals surface area contributed by atoms with Gasteiger partial charge in [-0.25, -0.2) is 0 Å². The van der Waals surface area contributed by atoms with E-state index in [1.54, 1.807) is 0 Å². The van der Waals surface area contributed by atoms with Gasteiger partial charge in [0.25, 0.3) is 0 Å². The second kappa shape index (κ2) is 19.7. The zero-order chi connectivity index (χ0) is 59.0. The van der Waals surface area contributed by atoms with Crippen LogP contribution in [0.1, 0.15) is 0 Å². The van der Waals surface area contributed by atoms with Crippen LogP contribution >= 0.6 is 0 Å². The van der Waals surface area contributed by atoms with E-state index in [1.165, 1.54) is 142 Å². The number of hydrogen-bond donors (Lipinski definition) is 0. The van der Waals surface area contributed by atoms with Gasteiger partial charge in [0.2, 0.25) is 0 Å². The van der Waals surface area contributed by atoms with Crippen LogP contribution in [0.3, 0.4) is 0 Å². The van der Waals surface area contributed by atoms with E-state index in [9.17, 15) is 0 Å². The Morgan fingerprint density at radius 1 is 0.122 bits per heavy atom. The van der Waals surface area contributed by atoms with Crippen molar-refractivity contribution in [3.05, 3.63) is 328 Å². The Labute approximate surface area is 517 Å². The molecule has 90 heavy (non-hydrogen) atoms. The van der Waals surface area contributed by atoms with Crippen molar-refractivity contribution in [1.29, 1.82) is 0 Å². The molecule has 0 radical (unpaired) electrons. The molecule has 0 atom stereocenters. The lowest BCUT2D eigenvalue weighted by atomic mass is 10.1. The third-order valence-corrected chi connectivity index (χ3v) is 18.9. The van der Waals surface area contributed by atoms with Crippen LogP contribution in [0.15, 0.2) is 328 Å². The van der Waals surface area contributed by atoms with Crippen LogP contribution in [-0.2, 0) is 0 Å². The molecule has 420 valence electrons. The van der Waals surface area contributed by atoms with Gasteiger partial charge >= 0.3 is 0 Å². The van der Waals surface area contributed by atoms with Gasteiger partial charge in [0.15, 0.2) is 0 Å². The summed E-state index contributed by atoms with van der Waals surface area (Å²) in [7, 11) is 0. The maximum atomic E-state index is 2.46. The Kier molecular flexibility index (Phi) is 11.0. The molecule has 0 spiro atoms. The smallest absolute Gasteiger partial charge is 0.0641 e. The summed E-state index contributed by atoms with van der Waals surface area (Å²) in [4.78, 5) is 0. The van der Waals surface area contributed by atoms with E-state index in [2.05, 4.69) is 355 Å². The first-order chi connectivity index (χ1) is 44.7.